The fourth-order valence-corrected chi connectivity index (χ4v) is 5.10. The second-order valence-electron chi connectivity index (χ2n) is 10.8. The van der Waals surface area contributed by atoms with Gasteiger partial charge in [-0.05, 0) is 37.3 Å². The van der Waals surface area contributed by atoms with Gasteiger partial charge in [-0.1, -0.05) is 23.7 Å². The van der Waals surface area contributed by atoms with Crippen molar-refractivity contribution in [2.45, 2.75) is 19.4 Å². The van der Waals surface area contributed by atoms with Gasteiger partial charge in [-0.15, -0.1) is 10.2 Å². The van der Waals surface area contributed by atoms with Crippen molar-refractivity contribution in [3.8, 4) is 11.4 Å². The Kier molecular flexibility index (Phi) is 16.9. The van der Waals surface area contributed by atoms with Crippen LogP contribution in [-0.2, 0) is 33.2 Å². The van der Waals surface area contributed by atoms with Gasteiger partial charge in [0.25, 0.3) is 0 Å². The van der Waals surface area contributed by atoms with E-state index in [0.29, 0.717) is 121 Å². The Hall–Kier alpha value is -3.47. The molecule has 0 radical (unpaired) electrons. The lowest BCUT2D eigenvalue weighted by atomic mass is 10.00. The van der Waals surface area contributed by atoms with Crippen LogP contribution in [-0.4, -0.2) is 126 Å². The minimum Gasteiger partial charge on any atom is -0.497 e. The van der Waals surface area contributed by atoms with Gasteiger partial charge in [-0.3, -0.25) is 14.4 Å². The molecule has 0 aliphatic carbocycles. The molecular weight excluding hydrogens is 656 g/mol. The zero-order chi connectivity index (χ0) is 34.7. The van der Waals surface area contributed by atoms with Gasteiger partial charge in [0.05, 0.1) is 104 Å². The summed E-state index contributed by atoms with van der Waals surface area (Å²) in [6.45, 7) is 8.39. The molecule has 2 heterocycles. The van der Waals surface area contributed by atoms with Crippen LogP contribution in [0, 0.1) is 6.92 Å². The Morgan fingerprint density at radius 3 is 1.96 bits per heavy atom. The highest BCUT2D eigenvalue weighted by Gasteiger charge is 2.30. The van der Waals surface area contributed by atoms with Crippen LogP contribution in [0.25, 0.3) is 5.69 Å². The standard InChI is InChI=1S/C34H47ClN6O8/c1-25-39-40-34-30(38-33(26-3-5-27(35)6-4-26)29-23-28(43-2)7-8-31(29)41(25)34)24-32(42)37-10-12-45-14-16-47-18-20-49-22-21-48-19-17-46-15-13-44-11-9-36/h3-8,23,30H,9-22,24,36H2,1-2H3,(H,37,42). The third kappa shape index (κ3) is 12.4. The molecule has 15 heteroatoms. The zero-order valence-corrected chi connectivity index (χ0v) is 29.0. The van der Waals surface area contributed by atoms with Gasteiger partial charge in [0.1, 0.15) is 17.6 Å². The molecule has 1 aromatic heterocycles. The summed E-state index contributed by atoms with van der Waals surface area (Å²) in [6.07, 6.45) is 0.0767. The van der Waals surface area contributed by atoms with Gasteiger partial charge in [0.2, 0.25) is 5.91 Å². The molecule has 3 aromatic rings. The number of benzene rings is 2. The van der Waals surface area contributed by atoms with E-state index < -0.39 is 6.04 Å². The SMILES string of the molecule is COc1ccc2c(c1)C(c1ccc(Cl)cc1)=NC(CC(=O)NCCOCCOCCOCCOCCOCCOCCN)c1nnc(C)n1-2. The molecule has 0 saturated carbocycles. The highest BCUT2D eigenvalue weighted by atomic mass is 35.5. The average Bonchev–Trinajstić information content (AvgIpc) is 3.43. The Balaban J connectivity index is 1.14. The molecule has 1 unspecified atom stereocenters. The number of amides is 1. The summed E-state index contributed by atoms with van der Waals surface area (Å²) in [5.41, 5.74) is 8.60. The molecule has 1 aliphatic rings. The largest absolute Gasteiger partial charge is 0.497 e. The molecule has 49 heavy (non-hydrogen) atoms. The van der Waals surface area contributed by atoms with Crippen molar-refractivity contribution in [2.24, 2.45) is 10.7 Å². The number of halogens is 1. The summed E-state index contributed by atoms with van der Waals surface area (Å²) in [4.78, 5) is 18.2. The van der Waals surface area contributed by atoms with Crippen molar-refractivity contribution in [3.05, 3.63) is 70.3 Å². The highest BCUT2D eigenvalue weighted by molar-refractivity contribution is 6.30. The maximum atomic E-state index is 13.1. The maximum absolute atomic E-state index is 13.1. The van der Waals surface area contributed by atoms with Gasteiger partial charge in [-0.25, -0.2) is 0 Å². The van der Waals surface area contributed by atoms with E-state index in [1.807, 2.05) is 54.0 Å². The van der Waals surface area contributed by atoms with Gasteiger partial charge in [0, 0.05) is 29.2 Å². The first-order valence-corrected chi connectivity index (χ1v) is 16.8. The Morgan fingerprint density at radius 2 is 1.39 bits per heavy atom. The monoisotopic (exact) mass is 702 g/mol. The van der Waals surface area contributed by atoms with Crippen LogP contribution >= 0.6 is 11.6 Å². The number of methoxy groups -OCH3 is 1. The fraction of sp³-hybridized carbons (Fsp3) is 0.529. The smallest absolute Gasteiger partial charge is 0.222 e. The van der Waals surface area contributed by atoms with Crippen molar-refractivity contribution in [1.82, 2.24) is 20.1 Å². The number of aliphatic imine (C=N–C) groups is 1. The van der Waals surface area contributed by atoms with Crippen molar-refractivity contribution in [1.29, 1.82) is 0 Å². The van der Waals surface area contributed by atoms with E-state index in [2.05, 4.69) is 15.5 Å². The minimum absolute atomic E-state index is 0.0767. The first-order valence-electron chi connectivity index (χ1n) is 16.4. The predicted molar refractivity (Wildman–Crippen MR) is 184 cm³/mol. The van der Waals surface area contributed by atoms with Crippen molar-refractivity contribution in [2.75, 3.05) is 99.5 Å². The predicted octanol–water partition coefficient (Wildman–Crippen LogP) is 2.69. The molecule has 268 valence electrons. The number of hydrogen-bond acceptors (Lipinski definition) is 12. The minimum atomic E-state index is -0.584. The van der Waals surface area contributed by atoms with Crippen molar-refractivity contribution < 1.29 is 38.0 Å². The lowest BCUT2D eigenvalue weighted by Gasteiger charge is -2.14. The lowest BCUT2D eigenvalue weighted by Crippen LogP contribution is -2.29. The van der Waals surface area contributed by atoms with Crippen LogP contribution in [0.1, 0.15) is 35.2 Å². The molecule has 0 bridgehead atoms. The molecule has 1 aliphatic heterocycles. The topological polar surface area (TPSA) is 163 Å². The molecule has 2 aromatic carbocycles. The van der Waals surface area contributed by atoms with Gasteiger partial charge < -0.3 is 44.2 Å². The van der Waals surface area contributed by atoms with E-state index in [4.69, 9.17) is 55.5 Å². The van der Waals surface area contributed by atoms with Gasteiger partial charge >= 0.3 is 0 Å². The number of aryl methyl sites for hydroxylation is 1. The number of ether oxygens (including phenoxy) is 7. The van der Waals surface area contributed by atoms with E-state index in [1.165, 1.54) is 0 Å². The van der Waals surface area contributed by atoms with E-state index in [-0.39, 0.29) is 12.3 Å². The Morgan fingerprint density at radius 1 is 0.816 bits per heavy atom. The van der Waals surface area contributed by atoms with Crippen LogP contribution in [0.4, 0.5) is 0 Å². The van der Waals surface area contributed by atoms with Crippen molar-refractivity contribution >= 4 is 23.2 Å². The second kappa shape index (κ2) is 21.6. The normalized spacial score (nSPS) is 13.8. The molecule has 0 fully saturated rings. The highest BCUT2D eigenvalue weighted by Crippen LogP contribution is 2.34. The number of carbonyl (C=O) groups excluding carboxylic acids is 1. The number of nitrogens with zero attached hydrogens (tertiary/aromatic N) is 4. The molecule has 4 rings (SSSR count). The lowest BCUT2D eigenvalue weighted by molar-refractivity contribution is -0.121. The number of nitrogens with one attached hydrogen (secondary N) is 1. The van der Waals surface area contributed by atoms with Crippen LogP contribution in [0.2, 0.25) is 5.02 Å². The number of rotatable bonds is 24. The van der Waals surface area contributed by atoms with Gasteiger partial charge in [-0.2, -0.15) is 0 Å². The zero-order valence-electron chi connectivity index (χ0n) is 28.2. The first kappa shape index (κ1) is 38.3. The third-order valence-corrected chi connectivity index (χ3v) is 7.57. The molecule has 14 nitrogen and oxygen atoms in total. The molecule has 0 spiro atoms. The van der Waals surface area contributed by atoms with E-state index in [0.717, 1.165) is 16.8 Å². The Bertz CT molecular complexity index is 1450. The molecule has 3 N–H and O–H groups in total. The maximum Gasteiger partial charge on any atom is 0.222 e. The number of hydrogen-bond donors (Lipinski definition) is 2. The summed E-state index contributed by atoms with van der Waals surface area (Å²) in [7, 11) is 1.62. The van der Waals surface area contributed by atoms with Crippen LogP contribution in [0.15, 0.2) is 47.5 Å². The molecule has 1 atom stereocenters. The summed E-state index contributed by atoms with van der Waals surface area (Å²) in [5.74, 6) is 1.78. The molecule has 0 saturated heterocycles. The number of carbonyl (C=O) groups is 1. The number of fused-ring (bicyclic) bond motifs is 3. The third-order valence-electron chi connectivity index (χ3n) is 7.32. The van der Waals surface area contributed by atoms with Gasteiger partial charge in [0.15, 0.2) is 5.82 Å². The molecule has 1 amide bonds. The Labute approximate surface area is 292 Å². The number of nitrogens with two attached hydrogens (primary N) is 1. The summed E-state index contributed by atoms with van der Waals surface area (Å²) in [5, 5.41) is 12.3. The average molecular weight is 703 g/mol. The molecular formula is C34H47ClN6O8. The van der Waals surface area contributed by atoms with Crippen LogP contribution < -0.4 is 15.8 Å². The van der Waals surface area contributed by atoms with E-state index in [1.54, 1.807) is 7.11 Å². The van der Waals surface area contributed by atoms with Crippen LogP contribution in [0.3, 0.4) is 0 Å². The van der Waals surface area contributed by atoms with Crippen LogP contribution in [0.5, 0.6) is 5.75 Å². The summed E-state index contributed by atoms with van der Waals surface area (Å²) < 4.78 is 40.2. The fourth-order valence-electron chi connectivity index (χ4n) is 4.97. The van der Waals surface area contributed by atoms with E-state index >= 15 is 0 Å². The first-order chi connectivity index (χ1) is 24.0. The van der Waals surface area contributed by atoms with Crippen molar-refractivity contribution in [3.63, 3.8) is 0 Å². The quantitative estimate of drug-likeness (QED) is 0.132. The summed E-state index contributed by atoms with van der Waals surface area (Å²) >= 11 is 6.19. The number of aromatic nitrogens is 3. The summed E-state index contributed by atoms with van der Waals surface area (Å²) in [6, 6.07) is 12.6. The second-order valence-corrected chi connectivity index (χ2v) is 11.3. The van der Waals surface area contributed by atoms with E-state index in [9.17, 15) is 4.79 Å².